The summed E-state index contributed by atoms with van der Waals surface area (Å²) >= 11 is 0. The molecule has 3 N–H and O–H groups in total. The summed E-state index contributed by atoms with van der Waals surface area (Å²) in [7, 11) is 0. The number of anilines is 4. The number of halogens is 1. The SMILES string of the molecule is C[C@](O)(C(=O)Nc1cc(F)c2c(Nc3ccccc3)noc2c1)[C@H]1OCCN(c2ccn(-c3cnnc(C#N)c3)n2)C1=O. The smallest absolute Gasteiger partial charge is 0.260 e. The molecule has 1 aliphatic heterocycles. The Morgan fingerprint density at radius 2 is 2.02 bits per heavy atom. The van der Waals surface area contributed by atoms with Crippen molar-refractivity contribution in [2.75, 3.05) is 28.7 Å². The Morgan fingerprint density at radius 1 is 1.21 bits per heavy atom. The maximum absolute atomic E-state index is 15.1. The van der Waals surface area contributed by atoms with Crippen LogP contribution < -0.4 is 15.5 Å². The topological polar surface area (TPSA) is 184 Å². The number of nitrogens with one attached hydrogen (secondary N) is 2. The molecule has 0 radical (unpaired) electrons. The van der Waals surface area contributed by atoms with E-state index in [2.05, 4.69) is 31.1 Å². The van der Waals surface area contributed by atoms with E-state index < -0.39 is 29.3 Å². The van der Waals surface area contributed by atoms with Gasteiger partial charge in [-0.3, -0.25) is 14.5 Å². The summed E-state index contributed by atoms with van der Waals surface area (Å²) in [4.78, 5) is 27.9. The molecule has 216 valence electrons. The Hall–Kier alpha value is -5.72. The number of aliphatic hydroxyl groups is 1. The lowest BCUT2D eigenvalue weighted by Crippen LogP contribution is -2.61. The number of nitrogens with zero attached hydrogens (tertiary/aromatic N) is 7. The van der Waals surface area contributed by atoms with E-state index in [-0.39, 0.29) is 47.1 Å². The minimum absolute atomic E-state index is 0.00205. The molecular formula is C28H22FN9O5. The molecule has 0 aliphatic carbocycles. The van der Waals surface area contributed by atoms with Gasteiger partial charge in [0.05, 0.1) is 25.0 Å². The summed E-state index contributed by atoms with van der Waals surface area (Å²) in [6.45, 7) is 1.23. The van der Waals surface area contributed by atoms with E-state index in [9.17, 15) is 14.7 Å². The molecule has 2 amide bonds. The van der Waals surface area contributed by atoms with Crippen LogP contribution >= 0.6 is 0 Å². The first-order chi connectivity index (χ1) is 20.7. The van der Waals surface area contributed by atoms with Crippen molar-refractivity contribution < 1.29 is 28.3 Å². The molecule has 3 aromatic heterocycles. The average molecular weight is 584 g/mol. The van der Waals surface area contributed by atoms with Gasteiger partial charge >= 0.3 is 0 Å². The molecule has 0 saturated carbocycles. The standard InChI is InChI=1S/C28H22FN9O5/c1-28(41,24-26(39)37(9-10-42-24)22-7-8-38(35-22)19-11-18(14-30)34-31-15-19)27(40)33-17-12-20(29)23-21(13-17)43-36-25(23)32-16-5-3-2-4-6-16/h2-8,11-13,15,24,41H,9-10H2,1H3,(H,32,36)(H,33,40)/t24-,28+/m0/s1. The Morgan fingerprint density at radius 3 is 2.81 bits per heavy atom. The maximum atomic E-state index is 15.1. The number of carbonyl (C=O) groups excluding carboxylic acids is 2. The van der Waals surface area contributed by atoms with Crippen LogP contribution in [0.5, 0.6) is 0 Å². The maximum Gasteiger partial charge on any atom is 0.260 e. The summed E-state index contributed by atoms with van der Waals surface area (Å²) in [6, 6.07) is 16.3. The lowest BCUT2D eigenvalue weighted by atomic mass is 9.95. The van der Waals surface area contributed by atoms with Crippen molar-refractivity contribution in [2.45, 2.75) is 18.6 Å². The Balaban J connectivity index is 1.19. The molecule has 0 spiro atoms. The van der Waals surface area contributed by atoms with Gasteiger partial charge in [-0.1, -0.05) is 23.4 Å². The van der Waals surface area contributed by atoms with Crippen LogP contribution in [0.25, 0.3) is 16.7 Å². The van der Waals surface area contributed by atoms with E-state index in [1.807, 2.05) is 12.1 Å². The summed E-state index contributed by atoms with van der Waals surface area (Å²) in [5.74, 6) is -2.08. The monoisotopic (exact) mass is 583 g/mol. The lowest BCUT2D eigenvalue weighted by Gasteiger charge is -2.37. The minimum Gasteiger partial charge on any atom is -0.377 e. The molecule has 1 fully saturated rings. The number of rotatable bonds is 7. The van der Waals surface area contributed by atoms with Crippen molar-refractivity contribution in [1.82, 2.24) is 25.1 Å². The van der Waals surface area contributed by atoms with Gasteiger partial charge in [0.25, 0.3) is 11.8 Å². The van der Waals surface area contributed by atoms with Gasteiger partial charge in [-0.2, -0.15) is 10.4 Å². The van der Waals surface area contributed by atoms with Crippen LogP contribution in [-0.2, 0) is 14.3 Å². The summed E-state index contributed by atoms with van der Waals surface area (Å²) in [6.07, 6.45) is 1.36. The number of aromatic nitrogens is 5. The summed E-state index contributed by atoms with van der Waals surface area (Å²) in [5, 5.41) is 41.5. The number of amides is 2. The van der Waals surface area contributed by atoms with E-state index in [4.69, 9.17) is 14.5 Å². The summed E-state index contributed by atoms with van der Waals surface area (Å²) in [5.41, 5.74) is -1.13. The zero-order valence-electron chi connectivity index (χ0n) is 22.4. The predicted molar refractivity (Wildman–Crippen MR) is 149 cm³/mol. The van der Waals surface area contributed by atoms with Gasteiger partial charge in [0.2, 0.25) is 0 Å². The van der Waals surface area contributed by atoms with Crippen molar-refractivity contribution in [2.24, 2.45) is 0 Å². The number of para-hydroxylation sites is 1. The van der Waals surface area contributed by atoms with Crippen molar-refractivity contribution in [3.63, 3.8) is 0 Å². The molecule has 6 rings (SSSR count). The predicted octanol–water partition coefficient (Wildman–Crippen LogP) is 2.68. The second kappa shape index (κ2) is 10.9. The van der Waals surface area contributed by atoms with Gasteiger partial charge in [-0.25, -0.2) is 9.07 Å². The number of hydrogen-bond acceptors (Lipinski definition) is 11. The van der Waals surface area contributed by atoms with E-state index in [0.717, 1.165) is 13.0 Å². The molecule has 1 aliphatic rings. The highest BCUT2D eigenvalue weighted by Gasteiger charge is 2.49. The van der Waals surface area contributed by atoms with Gasteiger partial charge < -0.3 is 25.0 Å². The molecule has 15 heteroatoms. The normalized spacial score (nSPS) is 16.5. The van der Waals surface area contributed by atoms with Crippen LogP contribution in [0.2, 0.25) is 0 Å². The van der Waals surface area contributed by atoms with E-state index in [1.165, 1.54) is 27.9 Å². The van der Waals surface area contributed by atoms with Crippen molar-refractivity contribution >= 4 is 45.8 Å². The number of ether oxygens (including phenoxy) is 1. The third kappa shape index (κ3) is 5.23. The molecule has 43 heavy (non-hydrogen) atoms. The zero-order chi connectivity index (χ0) is 30.1. The first kappa shape index (κ1) is 27.4. The highest BCUT2D eigenvalue weighted by atomic mass is 19.1. The first-order valence-electron chi connectivity index (χ1n) is 12.9. The van der Waals surface area contributed by atoms with Crippen LogP contribution in [0.15, 0.2) is 71.5 Å². The van der Waals surface area contributed by atoms with Gasteiger partial charge in [0.1, 0.15) is 17.3 Å². The molecule has 2 atom stereocenters. The largest absolute Gasteiger partial charge is 0.377 e. The number of carbonyl (C=O) groups is 2. The minimum atomic E-state index is -2.36. The van der Waals surface area contributed by atoms with Crippen LogP contribution in [0, 0.1) is 17.1 Å². The quantitative estimate of drug-likeness (QED) is 0.256. The molecule has 14 nitrogen and oxygen atoms in total. The van der Waals surface area contributed by atoms with Gasteiger partial charge in [0, 0.05) is 35.8 Å². The number of fused-ring (bicyclic) bond motifs is 1. The molecule has 0 unspecified atom stereocenters. The first-order valence-corrected chi connectivity index (χ1v) is 12.9. The van der Waals surface area contributed by atoms with Crippen LogP contribution in [0.1, 0.15) is 12.6 Å². The molecule has 0 bridgehead atoms. The lowest BCUT2D eigenvalue weighted by molar-refractivity contribution is -0.165. The fourth-order valence-electron chi connectivity index (χ4n) is 4.57. The van der Waals surface area contributed by atoms with Crippen molar-refractivity contribution in [3.8, 4) is 11.8 Å². The number of morpholine rings is 1. The van der Waals surface area contributed by atoms with Crippen LogP contribution in [0.4, 0.5) is 27.4 Å². The Kier molecular flexibility index (Phi) is 6.98. The third-order valence-electron chi connectivity index (χ3n) is 6.75. The third-order valence-corrected chi connectivity index (χ3v) is 6.75. The van der Waals surface area contributed by atoms with Gasteiger partial charge in [0.15, 0.2) is 34.6 Å². The van der Waals surface area contributed by atoms with Crippen LogP contribution in [0.3, 0.4) is 0 Å². The molecule has 5 aromatic rings. The molecule has 1 saturated heterocycles. The van der Waals surface area contributed by atoms with Gasteiger partial charge in [-0.15, -0.1) is 10.2 Å². The zero-order valence-corrected chi connectivity index (χ0v) is 22.4. The molecule has 2 aromatic carbocycles. The molecule has 4 heterocycles. The van der Waals surface area contributed by atoms with Crippen LogP contribution in [-0.4, -0.2) is 66.9 Å². The Labute approximate surface area is 242 Å². The number of benzene rings is 2. The van der Waals surface area contributed by atoms with E-state index in [1.54, 1.807) is 36.5 Å². The fourth-order valence-corrected chi connectivity index (χ4v) is 4.57. The van der Waals surface area contributed by atoms with E-state index >= 15 is 4.39 Å². The van der Waals surface area contributed by atoms with Crippen molar-refractivity contribution in [3.05, 3.63) is 78.5 Å². The highest BCUT2D eigenvalue weighted by Crippen LogP contribution is 2.32. The number of nitriles is 1. The van der Waals surface area contributed by atoms with Gasteiger partial charge in [-0.05, 0) is 25.1 Å². The average Bonchev–Trinajstić information content (AvgIpc) is 3.66. The molecular weight excluding hydrogens is 561 g/mol. The second-order valence-corrected chi connectivity index (χ2v) is 9.73. The second-order valence-electron chi connectivity index (χ2n) is 9.73. The highest BCUT2D eigenvalue weighted by molar-refractivity contribution is 6.06. The summed E-state index contributed by atoms with van der Waals surface area (Å²) < 4.78 is 27.4. The number of hydrogen-bond donors (Lipinski definition) is 3. The fraction of sp³-hybridized carbons (Fsp3) is 0.179. The Bertz CT molecular complexity index is 1880. The van der Waals surface area contributed by atoms with E-state index in [0.29, 0.717) is 11.4 Å². The van der Waals surface area contributed by atoms with Crippen molar-refractivity contribution in [1.29, 1.82) is 5.26 Å².